The third-order valence-electron chi connectivity index (χ3n) is 4.70. The van der Waals surface area contributed by atoms with Gasteiger partial charge < -0.3 is 4.90 Å². The quantitative estimate of drug-likeness (QED) is 0.445. The van der Waals surface area contributed by atoms with Crippen LogP contribution in [0.5, 0.6) is 0 Å². The molecule has 28 heavy (non-hydrogen) atoms. The van der Waals surface area contributed by atoms with Gasteiger partial charge in [-0.1, -0.05) is 79.4 Å². The van der Waals surface area contributed by atoms with Crippen LogP contribution in [0, 0.1) is 0 Å². The van der Waals surface area contributed by atoms with Gasteiger partial charge in [-0.15, -0.1) is 0 Å². The molecule has 1 amide bonds. The largest absolute Gasteiger partial charge is 0.328 e. The van der Waals surface area contributed by atoms with E-state index in [2.05, 4.69) is 6.58 Å². The Labute approximate surface area is 167 Å². The standard InChI is InChI=1S/C25H27NO2/c1-5-7-15-22(6-2)19(3)26(18-21-13-9-8-10-14-21)25(28)24-17-12-11-16-23(24)20(4)27/h5-17,19H,1,18H2,2-4H3/b15-7-,22-6+/t19-/m0/s1. The second-order valence-electron chi connectivity index (χ2n) is 6.58. The van der Waals surface area contributed by atoms with Crippen molar-refractivity contribution in [3.8, 4) is 0 Å². The molecule has 0 bridgehead atoms. The molecule has 0 aliphatic rings. The lowest BCUT2D eigenvalue weighted by Crippen LogP contribution is -2.39. The number of nitrogens with zero attached hydrogens (tertiary/aromatic N) is 1. The molecule has 0 fully saturated rings. The van der Waals surface area contributed by atoms with E-state index in [1.165, 1.54) is 6.92 Å². The predicted octanol–water partition coefficient (Wildman–Crippen LogP) is 5.61. The topological polar surface area (TPSA) is 37.4 Å². The molecule has 0 N–H and O–H groups in total. The first-order chi connectivity index (χ1) is 13.5. The van der Waals surface area contributed by atoms with E-state index in [9.17, 15) is 9.59 Å². The molecule has 0 saturated heterocycles. The number of ketones is 1. The van der Waals surface area contributed by atoms with E-state index >= 15 is 0 Å². The van der Waals surface area contributed by atoms with Gasteiger partial charge in [-0.05, 0) is 38.0 Å². The average Bonchev–Trinajstić information content (AvgIpc) is 2.72. The fourth-order valence-corrected chi connectivity index (χ4v) is 3.13. The molecule has 0 heterocycles. The van der Waals surface area contributed by atoms with Gasteiger partial charge >= 0.3 is 0 Å². The van der Waals surface area contributed by atoms with Gasteiger partial charge in [0.05, 0.1) is 11.6 Å². The van der Waals surface area contributed by atoms with Crippen LogP contribution in [0.15, 0.2) is 91.1 Å². The highest BCUT2D eigenvalue weighted by Gasteiger charge is 2.26. The summed E-state index contributed by atoms with van der Waals surface area (Å²) < 4.78 is 0. The summed E-state index contributed by atoms with van der Waals surface area (Å²) >= 11 is 0. The third kappa shape index (κ3) is 5.17. The van der Waals surface area contributed by atoms with Crippen LogP contribution in [0.25, 0.3) is 0 Å². The predicted molar refractivity (Wildman–Crippen MR) is 115 cm³/mol. The number of hydrogen-bond donors (Lipinski definition) is 0. The summed E-state index contributed by atoms with van der Waals surface area (Å²) in [6.45, 7) is 9.61. The van der Waals surface area contributed by atoms with Crippen molar-refractivity contribution in [1.82, 2.24) is 4.90 Å². The molecule has 0 unspecified atom stereocenters. The van der Waals surface area contributed by atoms with Crippen LogP contribution in [0.3, 0.4) is 0 Å². The highest BCUT2D eigenvalue weighted by molar-refractivity contribution is 6.07. The van der Waals surface area contributed by atoms with Gasteiger partial charge in [0.2, 0.25) is 0 Å². The van der Waals surface area contributed by atoms with Gasteiger partial charge in [-0.25, -0.2) is 0 Å². The second-order valence-corrected chi connectivity index (χ2v) is 6.58. The lowest BCUT2D eigenvalue weighted by atomic mass is 9.99. The molecule has 0 radical (unpaired) electrons. The van der Waals surface area contributed by atoms with Crippen LogP contribution < -0.4 is 0 Å². The lowest BCUT2D eigenvalue weighted by molar-refractivity contribution is 0.0700. The number of amides is 1. The van der Waals surface area contributed by atoms with Crippen LogP contribution in [0.1, 0.15) is 47.1 Å². The molecular weight excluding hydrogens is 346 g/mol. The Morgan fingerprint density at radius 3 is 2.21 bits per heavy atom. The number of rotatable bonds is 8. The summed E-state index contributed by atoms with van der Waals surface area (Å²) in [5, 5.41) is 0. The van der Waals surface area contributed by atoms with E-state index in [1.807, 2.05) is 62.4 Å². The van der Waals surface area contributed by atoms with Crippen molar-refractivity contribution >= 4 is 11.7 Å². The van der Waals surface area contributed by atoms with Gasteiger partial charge in [-0.3, -0.25) is 9.59 Å². The molecule has 0 saturated carbocycles. The zero-order valence-electron chi connectivity index (χ0n) is 16.8. The van der Waals surface area contributed by atoms with Crippen molar-refractivity contribution in [3.63, 3.8) is 0 Å². The van der Waals surface area contributed by atoms with Crippen LogP contribution in [-0.2, 0) is 6.54 Å². The summed E-state index contributed by atoms with van der Waals surface area (Å²) in [6.07, 6.45) is 7.53. The Kier molecular flexibility index (Phi) is 7.70. The van der Waals surface area contributed by atoms with Crippen molar-refractivity contribution in [2.24, 2.45) is 0 Å². The van der Waals surface area contributed by atoms with Crippen molar-refractivity contribution in [3.05, 3.63) is 108 Å². The molecular formula is C25H27NO2. The zero-order chi connectivity index (χ0) is 20.5. The van der Waals surface area contributed by atoms with Crippen LogP contribution in [0.2, 0.25) is 0 Å². The van der Waals surface area contributed by atoms with E-state index in [0.29, 0.717) is 17.7 Å². The Morgan fingerprint density at radius 2 is 1.64 bits per heavy atom. The zero-order valence-corrected chi connectivity index (χ0v) is 16.8. The maximum atomic E-state index is 13.5. The number of allylic oxidation sites excluding steroid dienone is 3. The summed E-state index contributed by atoms with van der Waals surface area (Å²) in [5.74, 6) is -0.275. The first kappa shape index (κ1) is 21.1. The Balaban J connectivity index is 2.48. The van der Waals surface area contributed by atoms with Gasteiger partial charge in [0.15, 0.2) is 5.78 Å². The first-order valence-electron chi connectivity index (χ1n) is 9.39. The van der Waals surface area contributed by atoms with E-state index < -0.39 is 0 Å². The molecule has 3 heteroatoms. The smallest absolute Gasteiger partial charge is 0.255 e. The summed E-state index contributed by atoms with van der Waals surface area (Å²) in [5.41, 5.74) is 2.91. The van der Waals surface area contributed by atoms with E-state index in [1.54, 1.807) is 35.2 Å². The molecule has 0 aliphatic carbocycles. The number of hydrogen-bond acceptors (Lipinski definition) is 2. The molecule has 2 aromatic carbocycles. The van der Waals surface area contributed by atoms with E-state index in [0.717, 1.165) is 11.1 Å². The maximum absolute atomic E-state index is 13.5. The van der Waals surface area contributed by atoms with Gasteiger partial charge in [0.1, 0.15) is 0 Å². The molecule has 0 aliphatic heterocycles. The third-order valence-corrected chi connectivity index (χ3v) is 4.70. The molecule has 2 aromatic rings. The molecule has 1 atom stereocenters. The van der Waals surface area contributed by atoms with Gasteiger partial charge in [0, 0.05) is 12.1 Å². The normalized spacial score (nSPS) is 12.6. The SMILES string of the molecule is C=C/C=C\C(=C/C)[C@H](C)N(Cc1ccccc1)C(=O)c1ccccc1C(C)=O. The first-order valence-corrected chi connectivity index (χ1v) is 9.39. The van der Waals surface area contributed by atoms with Crippen LogP contribution in [-0.4, -0.2) is 22.6 Å². The number of Topliss-reactive ketones (excluding diaryl/α,β-unsaturated/α-hetero) is 1. The highest BCUT2D eigenvalue weighted by atomic mass is 16.2. The fourth-order valence-electron chi connectivity index (χ4n) is 3.13. The Bertz CT molecular complexity index is 894. The van der Waals surface area contributed by atoms with Gasteiger partial charge in [0.25, 0.3) is 5.91 Å². The van der Waals surface area contributed by atoms with E-state index in [4.69, 9.17) is 0 Å². The molecule has 2 rings (SSSR count). The lowest BCUT2D eigenvalue weighted by Gasteiger charge is -2.31. The molecule has 144 valence electrons. The Morgan fingerprint density at radius 1 is 1.04 bits per heavy atom. The van der Waals surface area contributed by atoms with Crippen molar-refractivity contribution in [2.45, 2.75) is 33.4 Å². The molecule has 0 aromatic heterocycles. The fraction of sp³-hybridized carbons (Fsp3) is 0.200. The summed E-state index contributed by atoms with van der Waals surface area (Å²) in [6, 6.07) is 16.7. The number of carbonyl (C=O) groups excluding carboxylic acids is 2. The number of carbonyl (C=O) groups is 2. The minimum absolute atomic E-state index is 0.117. The minimum atomic E-state index is -0.172. The minimum Gasteiger partial charge on any atom is -0.328 e. The van der Waals surface area contributed by atoms with Crippen molar-refractivity contribution in [2.75, 3.05) is 0 Å². The van der Waals surface area contributed by atoms with Crippen LogP contribution in [0.4, 0.5) is 0 Å². The molecule has 0 spiro atoms. The highest BCUT2D eigenvalue weighted by Crippen LogP contribution is 2.21. The second kappa shape index (κ2) is 10.2. The monoisotopic (exact) mass is 373 g/mol. The summed E-state index contributed by atoms with van der Waals surface area (Å²) in [7, 11) is 0. The summed E-state index contributed by atoms with van der Waals surface area (Å²) in [4.78, 5) is 27.4. The van der Waals surface area contributed by atoms with Crippen LogP contribution >= 0.6 is 0 Å². The van der Waals surface area contributed by atoms with Crippen molar-refractivity contribution < 1.29 is 9.59 Å². The van der Waals surface area contributed by atoms with E-state index in [-0.39, 0.29) is 17.7 Å². The van der Waals surface area contributed by atoms with Crippen molar-refractivity contribution in [1.29, 1.82) is 0 Å². The van der Waals surface area contributed by atoms with Gasteiger partial charge in [-0.2, -0.15) is 0 Å². The Hall–Kier alpha value is -3.20. The number of benzene rings is 2. The molecule has 3 nitrogen and oxygen atoms in total. The average molecular weight is 373 g/mol. The maximum Gasteiger partial charge on any atom is 0.255 e.